The van der Waals surface area contributed by atoms with Gasteiger partial charge < -0.3 is 20.1 Å². The van der Waals surface area contributed by atoms with E-state index < -0.39 is 5.54 Å². The van der Waals surface area contributed by atoms with Crippen molar-refractivity contribution >= 4 is 11.8 Å². The highest BCUT2D eigenvalue weighted by Crippen LogP contribution is 2.32. The monoisotopic (exact) mass is 392 g/mol. The first-order chi connectivity index (χ1) is 13.5. The zero-order chi connectivity index (χ0) is 20.1. The maximum absolute atomic E-state index is 14.4. The summed E-state index contributed by atoms with van der Waals surface area (Å²) in [5.41, 5.74) is -0.117. The third-order valence-electron chi connectivity index (χ3n) is 6.00. The third-order valence-corrected chi connectivity index (χ3v) is 6.00. The lowest BCUT2D eigenvalue weighted by Crippen LogP contribution is -2.48. The van der Waals surface area contributed by atoms with Crippen LogP contribution in [0.15, 0.2) is 18.2 Å². The van der Waals surface area contributed by atoms with Gasteiger partial charge >= 0.3 is 0 Å². The van der Waals surface area contributed by atoms with Crippen LogP contribution in [0.4, 0.5) is 4.39 Å². The number of halogens is 1. The summed E-state index contributed by atoms with van der Waals surface area (Å²) in [5.74, 6) is 0.00528. The third kappa shape index (κ3) is 4.63. The molecule has 2 aliphatic heterocycles. The number of aliphatic hydroxyl groups is 1. The molecule has 0 bridgehead atoms. The van der Waals surface area contributed by atoms with Crippen LogP contribution in [0.1, 0.15) is 50.5 Å². The number of hydrogen-bond donors (Lipinski definition) is 2. The number of likely N-dealkylation sites (tertiary alicyclic amines) is 1. The Morgan fingerprint density at radius 3 is 2.89 bits per heavy atom. The normalized spacial score (nSPS) is 24.9. The molecule has 0 spiro atoms. The Morgan fingerprint density at radius 2 is 2.25 bits per heavy atom. The molecule has 2 fully saturated rings. The fraction of sp³-hybridized carbons (Fsp3) is 0.619. The van der Waals surface area contributed by atoms with E-state index in [9.17, 15) is 19.1 Å². The fourth-order valence-corrected chi connectivity index (χ4v) is 4.35. The van der Waals surface area contributed by atoms with Crippen LogP contribution in [0, 0.1) is 5.82 Å². The minimum atomic E-state index is -0.618. The molecule has 2 saturated heterocycles. The zero-order valence-corrected chi connectivity index (χ0v) is 16.4. The SMILES string of the molecule is COc1ccc(C[C@]2(CCC(=O)N3CCCC[C@H]3CO)CCC(=O)N2)c(F)c1. The number of piperidine rings is 1. The Bertz CT molecular complexity index is 726. The number of nitrogens with zero attached hydrogens (tertiary/aromatic N) is 1. The average Bonchev–Trinajstić information content (AvgIpc) is 3.08. The van der Waals surface area contributed by atoms with E-state index in [1.54, 1.807) is 17.0 Å². The van der Waals surface area contributed by atoms with Crippen molar-refractivity contribution in [3.8, 4) is 5.75 Å². The summed E-state index contributed by atoms with van der Waals surface area (Å²) in [6.07, 6.45) is 4.81. The predicted octanol–water partition coefficient (Wildman–Crippen LogP) is 2.18. The first-order valence-corrected chi connectivity index (χ1v) is 10.00. The van der Waals surface area contributed by atoms with Gasteiger partial charge in [0.25, 0.3) is 0 Å². The molecule has 2 atom stereocenters. The van der Waals surface area contributed by atoms with E-state index in [1.807, 2.05) is 0 Å². The quantitative estimate of drug-likeness (QED) is 0.746. The number of benzene rings is 1. The number of ether oxygens (including phenoxy) is 1. The minimum Gasteiger partial charge on any atom is -0.497 e. The highest BCUT2D eigenvalue weighted by atomic mass is 19.1. The van der Waals surface area contributed by atoms with E-state index in [1.165, 1.54) is 13.2 Å². The lowest BCUT2D eigenvalue weighted by Gasteiger charge is -2.36. The van der Waals surface area contributed by atoms with Crippen molar-refractivity contribution in [2.24, 2.45) is 0 Å². The summed E-state index contributed by atoms with van der Waals surface area (Å²) >= 11 is 0. The summed E-state index contributed by atoms with van der Waals surface area (Å²) in [4.78, 5) is 26.5. The minimum absolute atomic E-state index is 0.00511. The molecule has 7 heteroatoms. The lowest BCUT2D eigenvalue weighted by molar-refractivity contribution is -0.136. The van der Waals surface area contributed by atoms with E-state index in [4.69, 9.17) is 4.74 Å². The Hall–Kier alpha value is -2.15. The summed E-state index contributed by atoms with van der Waals surface area (Å²) in [7, 11) is 1.49. The molecule has 0 radical (unpaired) electrons. The van der Waals surface area contributed by atoms with Gasteiger partial charge in [-0.05, 0) is 50.2 Å². The van der Waals surface area contributed by atoms with Crippen molar-refractivity contribution < 1.29 is 23.8 Å². The summed E-state index contributed by atoms with van der Waals surface area (Å²) in [6.45, 7) is 0.640. The molecule has 154 valence electrons. The molecule has 2 amide bonds. The Kier molecular flexibility index (Phi) is 6.54. The molecule has 0 saturated carbocycles. The van der Waals surface area contributed by atoms with Crippen molar-refractivity contribution in [1.29, 1.82) is 0 Å². The number of carbonyl (C=O) groups is 2. The van der Waals surface area contributed by atoms with Gasteiger partial charge in [-0.1, -0.05) is 6.07 Å². The molecule has 6 nitrogen and oxygen atoms in total. The van der Waals surface area contributed by atoms with Crippen molar-refractivity contribution in [3.05, 3.63) is 29.6 Å². The van der Waals surface area contributed by atoms with Gasteiger partial charge in [0.15, 0.2) is 0 Å². The van der Waals surface area contributed by atoms with E-state index in [2.05, 4.69) is 5.32 Å². The van der Waals surface area contributed by atoms with Gasteiger partial charge in [-0.15, -0.1) is 0 Å². The topological polar surface area (TPSA) is 78.9 Å². The number of carbonyl (C=O) groups excluding carboxylic acids is 2. The predicted molar refractivity (Wildman–Crippen MR) is 102 cm³/mol. The van der Waals surface area contributed by atoms with Gasteiger partial charge in [-0.2, -0.15) is 0 Å². The molecule has 0 aromatic heterocycles. The molecule has 0 aliphatic carbocycles. The standard InChI is InChI=1S/C21H29FN2O4/c1-28-17-6-5-15(18(22)12-17)13-21(9-7-19(26)23-21)10-8-20(27)24-11-3-2-4-16(24)14-25/h5-6,12,16,25H,2-4,7-11,13-14H2,1H3,(H,23,26)/t16-,21+/m0/s1. The molecule has 2 N–H and O–H groups in total. The Balaban J connectivity index is 1.70. The summed E-state index contributed by atoms with van der Waals surface area (Å²) < 4.78 is 19.5. The smallest absolute Gasteiger partial charge is 0.222 e. The number of nitrogens with one attached hydrogen (secondary N) is 1. The average molecular weight is 392 g/mol. The lowest BCUT2D eigenvalue weighted by atomic mass is 9.84. The second kappa shape index (κ2) is 8.90. The largest absolute Gasteiger partial charge is 0.497 e. The molecule has 2 aliphatic rings. The van der Waals surface area contributed by atoms with Crippen LogP contribution in [-0.4, -0.2) is 53.7 Å². The number of amides is 2. The zero-order valence-electron chi connectivity index (χ0n) is 16.4. The molecular weight excluding hydrogens is 363 g/mol. The van der Waals surface area contributed by atoms with Gasteiger partial charge in [0.05, 0.1) is 19.8 Å². The van der Waals surface area contributed by atoms with E-state index in [-0.39, 0.29) is 36.7 Å². The second-order valence-electron chi connectivity index (χ2n) is 7.88. The van der Waals surface area contributed by atoms with E-state index in [0.717, 1.165) is 19.3 Å². The van der Waals surface area contributed by atoms with Gasteiger partial charge in [0, 0.05) is 31.0 Å². The Morgan fingerprint density at radius 1 is 1.43 bits per heavy atom. The van der Waals surface area contributed by atoms with Crippen molar-refractivity contribution in [2.75, 3.05) is 20.3 Å². The molecule has 0 unspecified atom stereocenters. The van der Waals surface area contributed by atoms with Gasteiger partial charge in [-0.25, -0.2) is 4.39 Å². The first kappa shape index (κ1) is 20.6. The molecule has 3 rings (SSSR count). The molecule has 1 aromatic carbocycles. The van der Waals surface area contributed by atoms with Crippen LogP contribution in [-0.2, 0) is 16.0 Å². The maximum atomic E-state index is 14.4. The Labute approximate surface area is 165 Å². The van der Waals surface area contributed by atoms with Crippen LogP contribution in [0.2, 0.25) is 0 Å². The molecule has 28 heavy (non-hydrogen) atoms. The first-order valence-electron chi connectivity index (χ1n) is 10.00. The van der Waals surface area contributed by atoms with E-state index >= 15 is 0 Å². The summed E-state index contributed by atoms with van der Waals surface area (Å²) in [6, 6.07) is 4.60. The highest BCUT2D eigenvalue weighted by molar-refractivity contribution is 5.80. The van der Waals surface area contributed by atoms with Crippen LogP contribution < -0.4 is 10.1 Å². The maximum Gasteiger partial charge on any atom is 0.222 e. The highest BCUT2D eigenvalue weighted by Gasteiger charge is 2.39. The number of rotatable bonds is 7. The fourth-order valence-electron chi connectivity index (χ4n) is 4.35. The van der Waals surface area contributed by atoms with Gasteiger partial charge in [-0.3, -0.25) is 9.59 Å². The number of aliphatic hydroxyl groups excluding tert-OH is 1. The molecule has 1 aromatic rings. The van der Waals surface area contributed by atoms with Crippen molar-refractivity contribution in [2.45, 2.75) is 62.9 Å². The number of methoxy groups -OCH3 is 1. The van der Waals surface area contributed by atoms with Gasteiger partial charge in [0.1, 0.15) is 11.6 Å². The van der Waals surface area contributed by atoms with Crippen LogP contribution in [0.25, 0.3) is 0 Å². The van der Waals surface area contributed by atoms with Crippen molar-refractivity contribution in [1.82, 2.24) is 10.2 Å². The molecule has 2 heterocycles. The molecular formula is C21H29FN2O4. The summed E-state index contributed by atoms with van der Waals surface area (Å²) in [5, 5.41) is 12.5. The van der Waals surface area contributed by atoms with Crippen molar-refractivity contribution in [3.63, 3.8) is 0 Å². The van der Waals surface area contributed by atoms with Crippen LogP contribution >= 0.6 is 0 Å². The van der Waals surface area contributed by atoms with Gasteiger partial charge in [0.2, 0.25) is 11.8 Å². The second-order valence-corrected chi connectivity index (χ2v) is 7.88. The van der Waals surface area contributed by atoms with Crippen LogP contribution in [0.5, 0.6) is 5.75 Å². The van der Waals surface area contributed by atoms with Crippen LogP contribution in [0.3, 0.4) is 0 Å². The number of hydrogen-bond acceptors (Lipinski definition) is 4. The van der Waals surface area contributed by atoms with E-state index in [0.29, 0.717) is 43.5 Å².